The van der Waals surface area contributed by atoms with Gasteiger partial charge < -0.3 is 10.6 Å². The summed E-state index contributed by atoms with van der Waals surface area (Å²) in [7, 11) is -7.13. The quantitative estimate of drug-likeness (QED) is 0.683. The minimum absolute atomic E-state index is 0.0460. The number of piperazine rings is 1. The van der Waals surface area contributed by atoms with Gasteiger partial charge in [0.25, 0.3) is 0 Å². The van der Waals surface area contributed by atoms with Crippen molar-refractivity contribution in [1.29, 1.82) is 0 Å². The smallest absolute Gasteiger partial charge is 0.240 e. The zero-order valence-corrected chi connectivity index (χ0v) is 13.2. The van der Waals surface area contributed by atoms with Crippen LogP contribution in [0.2, 0.25) is 0 Å². The lowest BCUT2D eigenvalue weighted by Crippen LogP contribution is -2.48. The molecule has 1 heterocycles. The molecule has 1 saturated heterocycles. The highest BCUT2D eigenvalue weighted by atomic mass is 32.2. The van der Waals surface area contributed by atoms with Crippen molar-refractivity contribution in [2.45, 2.75) is 4.90 Å². The molecule has 10 heteroatoms. The van der Waals surface area contributed by atoms with E-state index in [0.29, 0.717) is 37.6 Å². The zero-order valence-electron chi connectivity index (χ0n) is 11.6. The van der Waals surface area contributed by atoms with Crippen LogP contribution in [-0.4, -0.2) is 53.6 Å². The van der Waals surface area contributed by atoms with E-state index in [1.807, 2.05) is 0 Å². The van der Waals surface area contributed by atoms with Crippen LogP contribution >= 0.6 is 0 Å². The van der Waals surface area contributed by atoms with Crippen molar-refractivity contribution in [1.82, 2.24) is 4.31 Å². The van der Waals surface area contributed by atoms with E-state index in [1.165, 1.54) is 10.4 Å². The van der Waals surface area contributed by atoms with Crippen LogP contribution in [-0.2, 0) is 20.0 Å². The van der Waals surface area contributed by atoms with Crippen LogP contribution in [0.3, 0.4) is 0 Å². The van der Waals surface area contributed by atoms with Crippen molar-refractivity contribution < 1.29 is 16.8 Å². The Kier molecular flexibility index (Phi) is 4.15. The highest BCUT2D eigenvalue weighted by Crippen LogP contribution is 2.27. The lowest BCUT2D eigenvalue weighted by molar-refractivity contribution is 0.387. The number of benzene rings is 1. The summed E-state index contributed by atoms with van der Waals surface area (Å²) < 4.78 is 47.6. The number of nitrogen functional groups attached to an aromatic ring is 1. The van der Waals surface area contributed by atoms with Gasteiger partial charge in [0, 0.05) is 31.9 Å². The molecule has 0 atom stereocenters. The van der Waals surface area contributed by atoms with Crippen molar-refractivity contribution in [3.63, 3.8) is 0 Å². The number of nitrogens with two attached hydrogens (primary N) is 2. The summed E-state index contributed by atoms with van der Waals surface area (Å²) in [6, 6.07) is 4.49. The van der Waals surface area contributed by atoms with Gasteiger partial charge >= 0.3 is 0 Å². The van der Waals surface area contributed by atoms with Gasteiger partial charge in [-0.15, -0.1) is 0 Å². The topological polar surface area (TPSA) is 127 Å². The van der Waals surface area contributed by atoms with Crippen LogP contribution in [0, 0.1) is 0 Å². The number of primary sulfonamides is 1. The van der Waals surface area contributed by atoms with Crippen molar-refractivity contribution in [2.24, 2.45) is 5.14 Å². The van der Waals surface area contributed by atoms with E-state index in [0.717, 1.165) is 6.26 Å². The van der Waals surface area contributed by atoms with Gasteiger partial charge in [0.15, 0.2) is 0 Å². The monoisotopic (exact) mass is 334 g/mol. The predicted molar refractivity (Wildman–Crippen MR) is 80.9 cm³/mol. The van der Waals surface area contributed by atoms with E-state index in [1.54, 1.807) is 17.0 Å². The van der Waals surface area contributed by atoms with E-state index in [4.69, 9.17) is 10.9 Å². The van der Waals surface area contributed by atoms with Gasteiger partial charge in [-0.2, -0.15) is 4.31 Å². The number of nitrogens with zero attached hydrogens (tertiary/aromatic N) is 2. The Morgan fingerprint density at radius 2 is 1.62 bits per heavy atom. The summed E-state index contributed by atoms with van der Waals surface area (Å²) in [5.41, 5.74) is 6.35. The van der Waals surface area contributed by atoms with E-state index < -0.39 is 20.0 Å². The summed E-state index contributed by atoms with van der Waals surface area (Å²) in [6.45, 7) is 1.37. The van der Waals surface area contributed by atoms with Gasteiger partial charge in [-0.05, 0) is 18.2 Å². The largest absolute Gasteiger partial charge is 0.399 e. The molecular formula is C11H18N4O4S2. The molecule has 0 aromatic heterocycles. The van der Waals surface area contributed by atoms with E-state index in [-0.39, 0.29) is 4.90 Å². The minimum Gasteiger partial charge on any atom is -0.399 e. The average Bonchev–Trinajstić information content (AvgIpc) is 2.37. The molecule has 0 saturated carbocycles. The van der Waals surface area contributed by atoms with Crippen LogP contribution in [0.5, 0.6) is 0 Å². The Balaban J connectivity index is 2.29. The first-order valence-corrected chi connectivity index (χ1v) is 9.61. The first-order chi connectivity index (χ1) is 9.59. The fraction of sp³-hybridized carbons (Fsp3) is 0.455. The van der Waals surface area contributed by atoms with Crippen molar-refractivity contribution >= 4 is 31.4 Å². The van der Waals surface area contributed by atoms with Crippen molar-refractivity contribution in [3.05, 3.63) is 18.2 Å². The summed E-state index contributed by atoms with van der Waals surface area (Å²) in [6.07, 6.45) is 1.15. The molecule has 1 aliphatic heterocycles. The molecule has 118 valence electrons. The van der Waals surface area contributed by atoms with Crippen molar-refractivity contribution in [2.75, 3.05) is 43.1 Å². The van der Waals surface area contributed by atoms with Gasteiger partial charge in [-0.1, -0.05) is 0 Å². The van der Waals surface area contributed by atoms with Crippen LogP contribution in [0.4, 0.5) is 11.4 Å². The third kappa shape index (κ3) is 3.64. The molecule has 1 aromatic rings. The van der Waals surface area contributed by atoms with Gasteiger partial charge in [0.2, 0.25) is 20.0 Å². The predicted octanol–water partition coefficient (Wildman–Crippen LogP) is -1.00. The number of rotatable bonds is 3. The maximum atomic E-state index is 11.7. The molecule has 0 unspecified atom stereocenters. The second-order valence-corrected chi connectivity index (χ2v) is 8.43. The molecule has 1 aromatic carbocycles. The Bertz CT molecular complexity index is 737. The Labute approximate surface area is 124 Å². The van der Waals surface area contributed by atoms with E-state index in [2.05, 4.69) is 0 Å². The zero-order chi connectivity index (χ0) is 15.8. The second kappa shape index (κ2) is 5.44. The SMILES string of the molecule is CS(=O)(=O)N1CCN(c2ccc(N)cc2S(N)(=O)=O)CC1. The molecule has 8 nitrogen and oxygen atoms in total. The van der Waals surface area contributed by atoms with Gasteiger partial charge in [0.05, 0.1) is 11.9 Å². The molecule has 0 spiro atoms. The summed E-state index contributed by atoms with van der Waals surface area (Å²) in [5.74, 6) is 0. The Morgan fingerprint density at radius 1 is 1.05 bits per heavy atom. The highest BCUT2D eigenvalue weighted by Gasteiger charge is 2.26. The fourth-order valence-electron chi connectivity index (χ4n) is 2.28. The molecule has 2 rings (SSSR count). The number of anilines is 2. The van der Waals surface area contributed by atoms with Gasteiger partial charge in [-0.25, -0.2) is 22.0 Å². The molecule has 21 heavy (non-hydrogen) atoms. The molecule has 0 amide bonds. The number of hydrogen-bond donors (Lipinski definition) is 2. The summed E-state index contributed by atoms with van der Waals surface area (Å²) in [5, 5.41) is 5.21. The molecule has 4 N–H and O–H groups in total. The lowest BCUT2D eigenvalue weighted by Gasteiger charge is -2.35. The van der Waals surface area contributed by atoms with Crippen LogP contribution in [0.25, 0.3) is 0 Å². The van der Waals surface area contributed by atoms with E-state index in [9.17, 15) is 16.8 Å². The fourth-order valence-corrected chi connectivity index (χ4v) is 3.90. The summed E-state index contributed by atoms with van der Waals surface area (Å²) in [4.78, 5) is 1.75. The van der Waals surface area contributed by atoms with E-state index >= 15 is 0 Å². The van der Waals surface area contributed by atoms with Crippen molar-refractivity contribution in [3.8, 4) is 0 Å². The first kappa shape index (κ1) is 16.0. The minimum atomic E-state index is -3.90. The Hall–Kier alpha value is -1.36. The standard InChI is InChI=1S/C11H18N4O4S2/c1-20(16,17)15-6-4-14(5-7-15)10-3-2-9(12)8-11(10)21(13,18)19/h2-3,8H,4-7,12H2,1H3,(H2,13,18,19). The normalized spacial score (nSPS) is 17.9. The summed E-state index contributed by atoms with van der Waals surface area (Å²) >= 11 is 0. The first-order valence-electron chi connectivity index (χ1n) is 6.21. The maximum Gasteiger partial charge on any atom is 0.240 e. The Morgan fingerprint density at radius 3 is 2.10 bits per heavy atom. The lowest BCUT2D eigenvalue weighted by atomic mass is 10.2. The van der Waals surface area contributed by atoms with Crippen LogP contribution in [0.1, 0.15) is 0 Å². The van der Waals surface area contributed by atoms with Crippen LogP contribution < -0.4 is 15.8 Å². The van der Waals surface area contributed by atoms with Gasteiger partial charge in [0.1, 0.15) is 4.90 Å². The third-order valence-corrected chi connectivity index (χ3v) is 5.58. The second-order valence-electron chi connectivity index (χ2n) is 4.92. The maximum absolute atomic E-state index is 11.7. The molecular weight excluding hydrogens is 316 g/mol. The van der Waals surface area contributed by atoms with Crippen LogP contribution in [0.15, 0.2) is 23.1 Å². The third-order valence-electron chi connectivity index (χ3n) is 3.34. The molecule has 1 fully saturated rings. The number of sulfonamides is 2. The molecule has 0 radical (unpaired) electrons. The molecule has 0 aliphatic carbocycles. The average molecular weight is 334 g/mol. The highest BCUT2D eigenvalue weighted by molar-refractivity contribution is 7.89. The number of hydrogen-bond acceptors (Lipinski definition) is 6. The molecule has 1 aliphatic rings. The van der Waals surface area contributed by atoms with Gasteiger partial charge in [-0.3, -0.25) is 0 Å². The molecule has 0 bridgehead atoms.